The summed E-state index contributed by atoms with van der Waals surface area (Å²) in [6.07, 6.45) is 3.78. The standard InChI is InChI=1S/C26H28BrNO3S/c1-16-4-9-24(31-14-20-7-8-21(27)11-17(20)2)22(10-16)23-15-32-25(28-23)13-18-5-6-19(12-18)26(29)30-3/h4,7-11,15,18-19H,5-6,12-14H2,1-3H3/t18-,19+/m0/s1. The Kier molecular flexibility index (Phi) is 7.31. The highest BCUT2D eigenvalue weighted by Gasteiger charge is 2.31. The van der Waals surface area contributed by atoms with Crippen LogP contribution in [-0.2, 0) is 22.6 Å². The molecule has 0 aliphatic heterocycles. The lowest BCUT2D eigenvalue weighted by Crippen LogP contribution is -2.13. The fraction of sp³-hybridized carbons (Fsp3) is 0.385. The van der Waals surface area contributed by atoms with Crippen LogP contribution >= 0.6 is 27.3 Å². The molecule has 2 atom stereocenters. The van der Waals surface area contributed by atoms with Gasteiger partial charge < -0.3 is 9.47 Å². The van der Waals surface area contributed by atoms with E-state index in [2.05, 4.69) is 59.4 Å². The molecular formula is C26H28BrNO3S. The zero-order valence-electron chi connectivity index (χ0n) is 18.7. The minimum Gasteiger partial charge on any atom is -0.488 e. The maximum absolute atomic E-state index is 11.8. The van der Waals surface area contributed by atoms with Crippen LogP contribution in [0.2, 0.25) is 0 Å². The second-order valence-corrected chi connectivity index (χ2v) is 10.4. The summed E-state index contributed by atoms with van der Waals surface area (Å²) >= 11 is 5.21. The molecule has 1 aromatic heterocycles. The van der Waals surface area contributed by atoms with E-state index in [0.717, 1.165) is 52.2 Å². The Morgan fingerprint density at radius 1 is 1.19 bits per heavy atom. The van der Waals surface area contributed by atoms with Crippen LogP contribution in [0.1, 0.15) is 41.0 Å². The number of halogens is 1. The molecule has 0 unspecified atom stereocenters. The van der Waals surface area contributed by atoms with Crippen molar-refractivity contribution >= 4 is 33.2 Å². The summed E-state index contributed by atoms with van der Waals surface area (Å²) in [5.74, 6) is 1.31. The van der Waals surface area contributed by atoms with Crippen LogP contribution in [0, 0.1) is 25.7 Å². The topological polar surface area (TPSA) is 48.4 Å². The summed E-state index contributed by atoms with van der Waals surface area (Å²) in [7, 11) is 1.47. The van der Waals surface area contributed by atoms with Gasteiger partial charge in [0.25, 0.3) is 0 Å². The third-order valence-corrected chi connectivity index (χ3v) is 7.55. The Labute approximate surface area is 202 Å². The number of benzene rings is 2. The number of rotatable bonds is 7. The second kappa shape index (κ2) is 10.2. The number of esters is 1. The van der Waals surface area contributed by atoms with Gasteiger partial charge in [0.1, 0.15) is 12.4 Å². The number of ether oxygens (including phenoxy) is 2. The average Bonchev–Trinajstić information content (AvgIpc) is 3.43. The first-order valence-electron chi connectivity index (χ1n) is 10.9. The van der Waals surface area contributed by atoms with Crippen LogP contribution in [0.3, 0.4) is 0 Å². The first kappa shape index (κ1) is 23.0. The molecule has 0 amide bonds. The average molecular weight is 514 g/mol. The minimum absolute atomic E-state index is 0.0447. The maximum Gasteiger partial charge on any atom is 0.308 e. The van der Waals surface area contributed by atoms with Crippen LogP contribution < -0.4 is 4.74 Å². The van der Waals surface area contributed by atoms with E-state index in [0.29, 0.717) is 12.5 Å². The number of hydrogen-bond acceptors (Lipinski definition) is 5. The SMILES string of the molecule is COC(=O)[C@@H]1CC[C@H](Cc2nc(-c3cc(C)ccc3OCc3ccc(Br)cc3C)cs2)C1. The Bertz CT molecular complexity index is 1110. The molecule has 0 bridgehead atoms. The van der Waals surface area contributed by atoms with E-state index in [1.165, 1.54) is 23.8 Å². The van der Waals surface area contributed by atoms with Gasteiger partial charge in [0.15, 0.2) is 0 Å². The first-order valence-corrected chi connectivity index (χ1v) is 12.6. The molecule has 1 aliphatic carbocycles. The molecule has 0 N–H and O–H groups in total. The number of thiazole rings is 1. The smallest absolute Gasteiger partial charge is 0.308 e. The molecule has 0 saturated heterocycles. The molecule has 1 saturated carbocycles. The summed E-state index contributed by atoms with van der Waals surface area (Å²) in [5.41, 5.74) is 5.53. The maximum atomic E-state index is 11.8. The van der Waals surface area contributed by atoms with Gasteiger partial charge in [0, 0.05) is 21.8 Å². The van der Waals surface area contributed by atoms with Crippen molar-refractivity contribution in [2.24, 2.45) is 11.8 Å². The molecule has 4 nitrogen and oxygen atoms in total. The molecule has 32 heavy (non-hydrogen) atoms. The summed E-state index contributed by atoms with van der Waals surface area (Å²) in [5, 5.41) is 3.24. The van der Waals surface area contributed by atoms with E-state index < -0.39 is 0 Å². The van der Waals surface area contributed by atoms with Crippen molar-refractivity contribution in [1.82, 2.24) is 4.98 Å². The summed E-state index contributed by atoms with van der Waals surface area (Å²) in [4.78, 5) is 16.8. The van der Waals surface area contributed by atoms with E-state index in [1.807, 2.05) is 12.1 Å². The first-order chi connectivity index (χ1) is 15.4. The number of nitrogens with zero attached hydrogens (tertiary/aromatic N) is 1. The van der Waals surface area contributed by atoms with Gasteiger partial charge in [0.2, 0.25) is 0 Å². The van der Waals surface area contributed by atoms with E-state index in [-0.39, 0.29) is 11.9 Å². The van der Waals surface area contributed by atoms with Gasteiger partial charge in [-0.05, 0) is 74.4 Å². The largest absolute Gasteiger partial charge is 0.488 e. The van der Waals surface area contributed by atoms with Crippen LogP contribution in [0.4, 0.5) is 0 Å². The predicted molar refractivity (Wildman–Crippen MR) is 132 cm³/mol. The van der Waals surface area contributed by atoms with E-state index in [4.69, 9.17) is 14.5 Å². The molecular weight excluding hydrogens is 486 g/mol. The third kappa shape index (κ3) is 5.41. The van der Waals surface area contributed by atoms with Crippen molar-refractivity contribution in [2.45, 2.75) is 46.1 Å². The van der Waals surface area contributed by atoms with E-state index >= 15 is 0 Å². The van der Waals surface area contributed by atoms with Crippen molar-refractivity contribution in [1.29, 1.82) is 0 Å². The fourth-order valence-electron chi connectivity index (χ4n) is 4.36. The van der Waals surface area contributed by atoms with E-state index in [9.17, 15) is 4.79 Å². The van der Waals surface area contributed by atoms with Crippen LogP contribution in [0.5, 0.6) is 5.75 Å². The van der Waals surface area contributed by atoms with Gasteiger partial charge in [0.05, 0.1) is 23.7 Å². The normalized spacial score (nSPS) is 18.0. The van der Waals surface area contributed by atoms with Crippen molar-refractivity contribution < 1.29 is 14.3 Å². The molecule has 0 radical (unpaired) electrons. The monoisotopic (exact) mass is 513 g/mol. The fourth-order valence-corrected chi connectivity index (χ4v) is 5.75. The molecule has 4 rings (SSSR count). The quantitative estimate of drug-likeness (QED) is 0.322. The molecule has 0 spiro atoms. The number of hydrogen-bond donors (Lipinski definition) is 0. The zero-order valence-corrected chi connectivity index (χ0v) is 21.1. The number of carbonyl (C=O) groups excluding carboxylic acids is 1. The number of aryl methyl sites for hydroxylation is 2. The van der Waals surface area contributed by atoms with Crippen LogP contribution in [0.25, 0.3) is 11.3 Å². The van der Waals surface area contributed by atoms with Gasteiger partial charge >= 0.3 is 5.97 Å². The van der Waals surface area contributed by atoms with Gasteiger partial charge in [-0.25, -0.2) is 4.98 Å². The number of aromatic nitrogens is 1. The van der Waals surface area contributed by atoms with Gasteiger partial charge in [-0.3, -0.25) is 4.79 Å². The molecule has 1 heterocycles. The molecule has 1 aliphatic rings. The Hall–Kier alpha value is -2.18. The van der Waals surface area contributed by atoms with Crippen LogP contribution in [-0.4, -0.2) is 18.1 Å². The molecule has 6 heteroatoms. The third-order valence-electron chi connectivity index (χ3n) is 6.19. The lowest BCUT2D eigenvalue weighted by Gasteiger charge is -2.13. The zero-order chi connectivity index (χ0) is 22.7. The van der Waals surface area contributed by atoms with Gasteiger partial charge in [-0.1, -0.05) is 33.6 Å². The van der Waals surface area contributed by atoms with Gasteiger partial charge in [-0.15, -0.1) is 11.3 Å². The lowest BCUT2D eigenvalue weighted by atomic mass is 10.0. The van der Waals surface area contributed by atoms with Crippen molar-refractivity contribution in [2.75, 3.05) is 7.11 Å². The van der Waals surface area contributed by atoms with E-state index in [1.54, 1.807) is 11.3 Å². The summed E-state index contributed by atoms with van der Waals surface area (Å²) in [6.45, 7) is 4.70. The minimum atomic E-state index is -0.0742. The van der Waals surface area contributed by atoms with Crippen molar-refractivity contribution in [3.63, 3.8) is 0 Å². The number of methoxy groups -OCH3 is 1. The van der Waals surface area contributed by atoms with Crippen LogP contribution in [0.15, 0.2) is 46.3 Å². The molecule has 1 fully saturated rings. The Morgan fingerprint density at radius 3 is 2.81 bits per heavy atom. The molecule has 2 aromatic carbocycles. The molecule has 168 valence electrons. The summed E-state index contributed by atoms with van der Waals surface area (Å²) < 4.78 is 12.2. The highest BCUT2D eigenvalue weighted by Crippen LogP contribution is 2.37. The predicted octanol–water partition coefficient (Wildman–Crippen LogP) is 6.90. The Morgan fingerprint density at radius 2 is 2.03 bits per heavy atom. The number of carbonyl (C=O) groups is 1. The second-order valence-electron chi connectivity index (χ2n) is 8.59. The highest BCUT2D eigenvalue weighted by molar-refractivity contribution is 9.10. The molecule has 3 aromatic rings. The van der Waals surface area contributed by atoms with Gasteiger partial charge in [-0.2, -0.15) is 0 Å². The Balaban J connectivity index is 1.47. The van der Waals surface area contributed by atoms with Crippen molar-refractivity contribution in [3.05, 3.63) is 67.9 Å². The van der Waals surface area contributed by atoms with Crippen molar-refractivity contribution in [3.8, 4) is 17.0 Å². The summed E-state index contributed by atoms with van der Waals surface area (Å²) in [6, 6.07) is 12.5. The highest BCUT2D eigenvalue weighted by atomic mass is 79.9. The lowest BCUT2D eigenvalue weighted by molar-refractivity contribution is -0.145.